The van der Waals surface area contributed by atoms with Crippen LogP contribution in [0, 0.1) is 0 Å². The second-order valence-electron chi connectivity index (χ2n) is 17.1. The van der Waals surface area contributed by atoms with Crippen LogP contribution >= 0.6 is 0 Å². The van der Waals surface area contributed by atoms with Crippen molar-refractivity contribution in [2.45, 2.75) is 31.1 Å². The lowest BCUT2D eigenvalue weighted by Gasteiger charge is -2.29. The first-order valence-electron chi connectivity index (χ1n) is 22.1. The average molecular weight is 792 g/mol. The number of hydrogen-bond donors (Lipinski definition) is 0. The maximum Gasteiger partial charge on any atom is 0.0540 e. The first kappa shape index (κ1) is 36.4. The smallest absolute Gasteiger partial charge is 0.0540 e. The monoisotopic (exact) mass is 791 g/mol. The molecule has 0 unspecified atom stereocenters. The molecule has 12 rings (SSSR count). The van der Waals surface area contributed by atoms with E-state index in [-0.39, 0.29) is 5.41 Å². The van der Waals surface area contributed by atoms with Gasteiger partial charge in [-0.05, 0) is 132 Å². The summed E-state index contributed by atoms with van der Waals surface area (Å²) in [7, 11) is 0. The fraction of sp³-hybridized carbons (Fsp3) is 0.0820. The molecule has 0 amide bonds. The molecule has 0 atom stereocenters. The van der Waals surface area contributed by atoms with Crippen LogP contribution in [0.3, 0.4) is 0 Å². The molecule has 0 N–H and O–H groups in total. The Hall–Kier alpha value is -7.48. The summed E-state index contributed by atoms with van der Waals surface area (Å²) in [4.78, 5) is 2.46. The van der Waals surface area contributed by atoms with E-state index in [2.05, 4.69) is 229 Å². The van der Waals surface area contributed by atoms with E-state index >= 15 is 0 Å². The zero-order chi connectivity index (χ0) is 41.0. The van der Waals surface area contributed by atoms with Gasteiger partial charge in [0.1, 0.15) is 0 Å². The van der Waals surface area contributed by atoms with Crippen molar-refractivity contribution in [1.29, 1.82) is 0 Å². The van der Waals surface area contributed by atoms with Crippen molar-refractivity contribution >= 4 is 38.6 Å². The number of benzene rings is 10. The highest BCUT2D eigenvalue weighted by Crippen LogP contribution is 2.57. The largest absolute Gasteiger partial charge is 0.310 e. The number of para-hydroxylation sites is 1. The second-order valence-corrected chi connectivity index (χ2v) is 17.1. The predicted molar refractivity (Wildman–Crippen MR) is 263 cm³/mol. The van der Waals surface area contributed by atoms with E-state index in [9.17, 15) is 0 Å². The van der Waals surface area contributed by atoms with Gasteiger partial charge in [0.05, 0.1) is 5.69 Å². The van der Waals surface area contributed by atoms with Gasteiger partial charge < -0.3 is 4.90 Å². The highest BCUT2D eigenvalue weighted by Gasteiger charge is 2.44. The second kappa shape index (κ2) is 14.9. The Kier molecular flexibility index (Phi) is 8.75. The summed E-state index contributed by atoms with van der Waals surface area (Å²) in [5.74, 6) is 0. The third-order valence-corrected chi connectivity index (χ3v) is 13.8. The number of fused-ring (bicyclic) bond motifs is 8. The van der Waals surface area contributed by atoms with Gasteiger partial charge in [-0.25, -0.2) is 0 Å². The van der Waals surface area contributed by atoms with Crippen LogP contribution in [0.4, 0.5) is 17.1 Å². The lowest BCUT2D eigenvalue weighted by Crippen LogP contribution is -2.20. The summed E-state index contributed by atoms with van der Waals surface area (Å²) in [6.45, 7) is 0. The average Bonchev–Trinajstić information content (AvgIpc) is 3.95. The Morgan fingerprint density at radius 2 is 0.855 bits per heavy atom. The molecule has 62 heavy (non-hydrogen) atoms. The van der Waals surface area contributed by atoms with Crippen molar-refractivity contribution < 1.29 is 0 Å². The van der Waals surface area contributed by atoms with Crippen LogP contribution in [0.25, 0.3) is 77.2 Å². The molecule has 1 spiro atoms. The summed E-state index contributed by atoms with van der Waals surface area (Å²) < 4.78 is 0. The van der Waals surface area contributed by atoms with Crippen molar-refractivity contribution in [2.24, 2.45) is 0 Å². The van der Waals surface area contributed by atoms with E-state index in [1.165, 1.54) is 114 Å². The molecule has 0 radical (unpaired) electrons. The third kappa shape index (κ3) is 5.91. The van der Waals surface area contributed by atoms with E-state index in [1.807, 2.05) is 0 Å². The van der Waals surface area contributed by atoms with Crippen LogP contribution in [0.5, 0.6) is 0 Å². The normalized spacial score (nSPS) is 13.7. The molecule has 10 aromatic rings. The van der Waals surface area contributed by atoms with E-state index in [4.69, 9.17) is 0 Å². The molecule has 1 fully saturated rings. The van der Waals surface area contributed by atoms with Crippen LogP contribution in [0.2, 0.25) is 0 Å². The van der Waals surface area contributed by atoms with Gasteiger partial charge in [-0.1, -0.05) is 201 Å². The van der Waals surface area contributed by atoms with Crippen LogP contribution in [0.1, 0.15) is 36.8 Å². The summed E-state index contributed by atoms with van der Waals surface area (Å²) in [6.07, 6.45) is 5.05. The van der Waals surface area contributed by atoms with Gasteiger partial charge in [0.2, 0.25) is 0 Å². The van der Waals surface area contributed by atoms with Crippen molar-refractivity contribution in [2.75, 3.05) is 4.90 Å². The molecule has 0 bridgehead atoms. The molecule has 0 aromatic heterocycles. The summed E-state index contributed by atoms with van der Waals surface area (Å²) in [5, 5.41) is 5.01. The molecule has 294 valence electrons. The number of nitrogens with zero attached hydrogens (tertiary/aromatic N) is 1. The molecule has 2 aliphatic carbocycles. The van der Waals surface area contributed by atoms with Crippen molar-refractivity contribution in [3.05, 3.63) is 236 Å². The molecule has 0 aliphatic heterocycles. The minimum absolute atomic E-state index is 0.141. The van der Waals surface area contributed by atoms with Gasteiger partial charge in [0.15, 0.2) is 0 Å². The van der Waals surface area contributed by atoms with Crippen molar-refractivity contribution in [1.82, 2.24) is 0 Å². The van der Waals surface area contributed by atoms with Gasteiger partial charge in [0, 0.05) is 22.4 Å². The van der Waals surface area contributed by atoms with Gasteiger partial charge in [0.25, 0.3) is 0 Å². The highest BCUT2D eigenvalue weighted by atomic mass is 15.1. The van der Waals surface area contributed by atoms with Crippen LogP contribution in [-0.4, -0.2) is 0 Å². The first-order chi connectivity index (χ1) is 30.7. The van der Waals surface area contributed by atoms with Gasteiger partial charge in [-0.2, -0.15) is 0 Å². The van der Waals surface area contributed by atoms with E-state index in [0.29, 0.717) is 0 Å². The van der Waals surface area contributed by atoms with E-state index in [0.717, 1.165) is 17.1 Å². The fourth-order valence-electron chi connectivity index (χ4n) is 11.0. The Labute approximate surface area is 364 Å². The topological polar surface area (TPSA) is 3.24 Å². The maximum absolute atomic E-state index is 2.51. The summed E-state index contributed by atoms with van der Waals surface area (Å²) in [5.41, 5.74) is 19.1. The maximum atomic E-state index is 2.51. The Balaban J connectivity index is 1.01. The minimum atomic E-state index is 0.141. The quantitative estimate of drug-likeness (QED) is 0.145. The number of hydrogen-bond acceptors (Lipinski definition) is 1. The molecule has 0 saturated heterocycles. The van der Waals surface area contributed by atoms with Crippen LogP contribution in [0.15, 0.2) is 224 Å². The van der Waals surface area contributed by atoms with E-state index < -0.39 is 0 Å². The Morgan fingerprint density at radius 3 is 1.65 bits per heavy atom. The lowest BCUT2D eigenvalue weighted by molar-refractivity contribution is 0.550. The molecule has 1 heteroatoms. The first-order valence-corrected chi connectivity index (χ1v) is 22.1. The molecule has 2 aliphatic rings. The zero-order valence-corrected chi connectivity index (χ0v) is 34.6. The summed E-state index contributed by atoms with van der Waals surface area (Å²) >= 11 is 0. The van der Waals surface area contributed by atoms with Gasteiger partial charge >= 0.3 is 0 Å². The molecule has 0 heterocycles. The number of anilines is 3. The van der Waals surface area contributed by atoms with Crippen LogP contribution < -0.4 is 4.90 Å². The standard InChI is InChI=1S/C61H45N/c1-2-16-43(17-3-1)50-20-6-7-21-52(50)53-22-8-9-23-54(53)57-25-11-13-27-60(57)62(48-35-37-51-46(40-48)29-28-44-18-4-5-19-49(44)51)47-33-30-42(31-34-47)45-32-36-56-55-24-10-12-26-58(55)61(59(56)41-45)38-14-15-39-61/h1-13,16-37,40-41H,14-15,38-39H2. The van der Waals surface area contributed by atoms with Gasteiger partial charge in [-0.3, -0.25) is 0 Å². The predicted octanol–water partition coefficient (Wildman–Crippen LogP) is 17.0. The minimum Gasteiger partial charge on any atom is -0.310 e. The molecular weight excluding hydrogens is 747 g/mol. The fourth-order valence-corrected chi connectivity index (χ4v) is 11.0. The zero-order valence-electron chi connectivity index (χ0n) is 34.6. The lowest BCUT2D eigenvalue weighted by atomic mass is 9.76. The SMILES string of the molecule is c1ccc(-c2ccccc2-c2ccccc2-c2ccccc2N(c2ccc(-c3ccc4c(c3)C3(CCCC3)c3ccccc3-4)cc2)c2ccc3c(ccc4ccccc43)c2)cc1. The Morgan fingerprint density at radius 1 is 0.306 bits per heavy atom. The molecule has 1 nitrogen and oxygen atoms in total. The molecular formula is C61H45N. The molecule has 1 saturated carbocycles. The van der Waals surface area contributed by atoms with Crippen LogP contribution in [-0.2, 0) is 5.41 Å². The highest BCUT2D eigenvalue weighted by molar-refractivity contribution is 6.09. The van der Waals surface area contributed by atoms with Crippen molar-refractivity contribution in [3.63, 3.8) is 0 Å². The van der Waals surface area contributed by atoms with E-state index in [1.54, 1.807) is 0 Å². The molecule has 10 aromatic carbocycles. The number of rotatable bonds is 7. The Bertz CT molecular complexity index is 3300. The van der Waals surface area contributed by atoms with Crippen molar-refractivity contribution in [3.8, 4) is 55.6 Å². The van der Waals surface area contributed by atoms with Gasteiger partial charge in [-0.15, -0.1) is 0 Å². The summed E-state index contributed by atoms with van der Waals surface area (Å²) in [6, 6.07) is 83.3. The third-order valence-electron chi connectivity index (χ3n) is 13.8.